The van der Waals surface area contributed by atoms with Gasteiger partial charge in [0.25, 0.3) is 11.6 Å². The van der Waals surface area contributed by atoms with Gasteiger partial charge in [-0.15, -0.1) is 0 Å². The molecule has 0 radical (unpaired) electrons. The number of nitro benzene ring substituents is 1. The van der Waals surface area contributed by atoms with Gasteiger partial charge in [0.2, 0.25) is 10.0 Å². The minimum Gasteiger partial charge on any atom is -0.496 e. The highest BCUT2D eigenvalue weighted by Crippen LogP contribution is 2.29. The van der Waals surface area contributed by atoms with E-state index in [1.54, 1.807) is 0 Å². The molecule has 1 fully saturated rings. The van der Waals surface area contributed by atoms with Crippen molar-refractivity contribution in [3.8, 4) is 5.75 Å². The van der Waals surface area contributed by atoms with Gasteiger partial charge in [0.15, 0.2) is 0 Å². The lowest BCUT2D eigenvalue weighted by Gasteiger charge is -2.15. The Hall–Kier alpha value is -2.98. The summed E-state index contributed by atoms with van der Waals surface area (Å²) in [6.07, 6.45) is 1.67. The number of benzene rings is 2. The van der Waals surface area contributed by atoms with Crippen LogP contribution in [-0.2, 0) is 10.0 Å². The molecule has 1 N–H and O–H groups in total. The molecule has 2 aromatic carbocycles. The van der Waals surface area contributed by atoms with Crippen molar-refractivity contribution < 1.29 is 22.9 Å². The van der Waals surface area contributed by atoms with Crippen molar-refractivity contribution in [2.45, 2.75) is 17.7 Å². The van der Waals surface area contributed by atoms with Crippen molar-refractivity contribution in [1.29, 1.82) is 0 Å². The van der Waals surface area contributed by atoms with Gasteiger partial charge in [-0.2, -0.15) is 4.31 Å². The van der Waals surface area contributed by atoms with Gasteiger partial charge in [0.05, 0.1) is 23.0 Å². The number of nitrogens with zero attached hydrogens (tertiary/aromatic N) is 2. The average molecular weight is 405 g/mol. The molecule has 1 saturated heterocycles. The van der Waals surface area contributed by atoms with Gasteiger partial charge in [-0.1, -0.05) is 0 Å². The van der Waals surface area contributed by atoms with Gasteiger partial charge in [-0.25, -0.2) is 8.42 Å². The normalized spacial score (nSPS) is 14.6. The van der Waals surface area contributed by atoms with E-state index in [1.807, 2.05) is 0 Å². The van der Waals surface area contributed by atoms with Crippen molar-refractivity contribution in [3.63, 3.8) is 0 Å². The molecule has 1 aliphatic rings. The van der Waals surface area contributed by atoms with Crippen LogP contribution in [0.4, 0.5) is 11.4 Å². The van der Waals surface area contributed by atoms with Crippen molar-refractivity contribution in [2.75, 3.05) is 25.5 Å². The number of nitro groups is 1. The molecule has 0 atom stereocenters. The SMILES string of the molecule is COc1ccc(NC(=O)c2ccc(S(=O)(=O)N3CCCC3)cc2)c([N+](=O)[O-])c1. The maximum atomic E-state index is 12.5. The summed E-state index contributed by atoms with van der Waals surface area (Å²) < 4.78 is 31.4. The Kier molecular flexibility index (Phi) is 5.61. The van der Waals surface area contributed by atoms with E-state index in [2.05, 4.69) is 5.32 Å². The maximum absolute atomic E-state index is 12.5. The quantitative estimate of drug-likeness (QED) is 0.583. The van der Waals surface area contributed by atoms with E-state index in [1.165, 1.54) is 53.9 Å². The van der Waals surface area contributed by atoms with Gasteiger partial charge in [0.1, 0.15) is 11.4 Å². The second kappa shape index (κ2) is 7.95. The lowest BCUT2D eigenvalue weighted by molar-refractivity contribution is -0.384. The number of methoxy groups -OCH3 is 1. The summed E-state index contributed by atoms with van der Waals surface area (Å²) in [6.45, 7) is 0.984. The van der Waals surface area contributed by atoms with E-state index < -0.39 is 20.9 Å². The van der Waals surface area contributed by atoms with Crippen molar-refractivity contribution in [3.05, 3.63) is 58.1 Å². The first-order valence-electron chi connectivity index (χ1n) is 8.57. The molecule has 1 aliphatic heterocycles. The largest absolute Gasteiger partial charge is 0.496 e. The van der Waals surface area contributed by atoms with Crippen LogP contribution in [0.3, 0.4) is 0 Å². The number of anilines is 1. The number of carbonyl (C=O) groups excluding carboxylic acids is 1. The van der Waals surface area contributed by atoms with Gasteiger partial charge in [0, 0.05) is 18.7 Å². The molecule has 1 amide bonds. The van der Waals surface area contributed by atoms with Crippen molar-refractivity contribution in [2.24, 2.45) is 0 Å². The summed E-state index contributed by atoms with van der Waals surface area (Å²) in [7, 11) is -2.18. The lowest BCUT2D eigenvalue weighted by Crippen LogP contribution is -2.27. The maximum Gasteiger partial charge on any atom is 0.296 e. The molecule has 0 saturated carbocycles. The molecule has 28 heavy (non-hydrogen) atoms. The molecule has 3 rings (SSSR count). The number of carbonyl (C=O) groups is 1. The van der Waals surface area contributed by atoms with Crippen LogP contribution in [0.5, 0.6) is 5.75 Å². The van der Waals surface area contributed by atoms with Crippen LogP contribution < -0.4 is 10.1 Å². The van der Waals surface area contributed by atoms with E-state index in [4.69, 9.17) is 4.74 Å². The average Bonchev–Trinajstić information content (AvgIpc) is 3.24. The van der Waals surface area contributed by atoms with Crippen molar-refractivity contribution in [1.82, 2.24) is 4.31 Å². The number of hydrogen-bond acceptors (Lipinski definition) is 6. The zero-order chi connectivity index (χ0) is 20.3. The molecule has 0 aliphatic carbocycles. The molecular weight excluding hydrogens is 386 g/mol. The highest BCUT2D eigenvalue weighted by atomic mass is 32.2. The highest BCUT2D eigenvalue weighted by Gasteiger charge is 2.27. The first kappa shape index (κ1) is 19.8. The second-order valence-corrected chi connectivity index (χ2v) is 8.17. The molecular formula is C18H19N3O6S. The number of nitrogens with one attached hydrogen (secondary N) is 1. The number of ether oxygens (including phenoxy) is 1. The van der Waals surface area contributed by atoms with Crippen LogP contribution in [0.25, 0.3) is 0 Å². The Bertz CT molecular complexity index is 998. The third-order valence-corrected chi connectivity index (χ3v) is 6.38. The van der Waals surface area contributed by atoms with E-state index in [0.29, 0.717) is 18.8 Å². The highest BCUT2D eigenvalue weighted by molar-refractivity contribution is 7.89. The number of rotatable bonds is 6. The van der Waals surface area contributed by atoms with E-state index >= 15 is 0 Å². The van der Waals surface area contributed by atoms with Crippen LogP contribution in [0.15, 0.2) is 47.4 Å². The van der Waals surface area contributed by atoms with E-state index in [9.17, 15) is 23.3 Å². The summed E-state index contributed by atoms with van der Waals surface area (Å²) in [5.41, 5.74) is -0.101. The number of hydrogen-bond donors (Lipinski definition) is 1. The third-order valence-electron chi connectivity index (χ3n) is 4.47. The molecule has 2 aromatic rings. The molecule has 148 valence electrons. The summed E-state index contributed by atoms with van der Waals surface area (Å²) in [5, 5.41) is 13.7. The fourth-order valence-corrected chi connectivity index (χ4v) is 4.46. The predicted octanol–water partition coefficient (Wildman–Crippen LogP) is 2.64. The Labute approximate surface area is 162 Å². The van der Waals surface area contributed by atoms with Crippen LogP contribution in [-0.4, -0.2) is 43.8 Å². The number of amides is 1. The molecule has 0 bridgehead atoms. The fraction of sp³-hybridized carbons (Fsp3) is 0.278. The van der Waals surface area contributed by atoms with E-state index in [0.717, 1.165) is 12.8 Å². The van der Waals surface area contributed by atoms with Gasteiger partial charge < -0.3 is 10.1 Å². The van der Waals surface area contributed by atoms with Crippen LogP contribution in [0.2, 0.25) is 0 Å². The lowest BCUT2D eigenvalue weighted by atomic mass is 10.2. The van der Waals surface area contributed by atoms with Gasteiger partial charge >= 0.3 is 0 Å². The Balaban J connectivity index is 1.80. The minimum atomic E-state index is -3.57. The Morgan fingerprint density at radius 3 is 2.36 bits per heavy atom. The van der Waals surface area contributed by atoms with Crippen LogP contribution in [0, 0.1) is 10.1 Å². The summed E-state index contributed by atoms with van der Waals surface area (Å²) >= 11 is 0. The number of sulfonamides is 1. The van der Waals surface area contributed by atoms with Crippen LogP contribution in [0.1, 0.15) is 23.2 Å². The van der Waals surface area contributed by atoms with Gasteiger partial charge in [-0.3, -0.25) is 14.9 Å². The second-order valence-electron chi connectivity index (χ2n) is 6.23. The topological polar surface area (TPSA) is 119 Å². The fourth-order valence-electron chi connectivity index (χ4n) is 2.95. The Morgan fingerprint density at radius 2 is 1.79 bits per heavy atom. The summed E-state index contributed by atoms with van der Waals surface area (Å²) in [6, 6.07) is 9.58. The van der Waals surface area contributed by atoms with Gasteiger partial charge in [-0.05, 0) is 49.2 Å². The Morgan fingerprint density at radius 1 is 1.14 bits per heavy atom. The first-order valence-corrected chi connectivity index (χ1v) is 10.0. The van der Waals surface area contributed by atoms with Crippen LogP contribution >= 0.6 is 0 Å². The molecule has 0 unspecified atom stereocenters. The molecule has 1 heterocycles. The monoisotopic (exact) mass is 405 g/mol. The molecule has 9 nitrogen and oxygen atoms in total. The standard InChI is InChI=1S/C18H19N3O6S/c1-27-14-6-9-16(17(12-14)21(23)24)19-18(22)13-4-7-15(8-5-13)28(25,26)20-10-2-3-11-20/h4-9,12H,2-3,10-11H2,1H3,(H,19,22). The van der Waals surface area contributed by atoms with Crippen molar-refractivity contribution >= 4 is 27.3 Å². The summed E-state index contributed by atoms with van der Waals surface area (Å²) in [5.74, 6) is -0.292. The smallest absolute Gasteiger partial charge is 0.296 e. The molecule has 0 spiro atoms. The van der Waals surface area contributed by atoms with E-state index in [-0.39, 0.29) is 21.8 Å². The third kappa shape index (κ3) is 3.97. The zero-order valence-electron chi connectivity index (χ0n) is 15.1. The first-order chi connectivity index (χ1) is 13.3. The predicted molar refractivity (Wildman–Crippen MR) is 102 cm³/mol. The minimum absolute atomic E-state index is 0.0181. The molecule has 0 aromatic heterocycles. The summed E-state index contributed by atoms with van der Waals surface area (Å²) in [4.78, 5) is 23.1. The molecule has 10 heteroatoms. The zero-order valence-corrected chi connectivity index (χ0v) is 15.9.